The van der Waals surface area contributed by atoms with Gasteiger partial charge in [-0.1, -0.05) is 6.92 Å². The van der Waals surface area contributed by atoms with Crippen LogP contribution in [0.5, 0.6) is 0 Å². The van der Waals surface area contributed by atoms with Crippen LogP contribution in [-0.2, 0) is 17.8 Å². The molecule has 0 aromatic carbocycles. The lowest BCUT2D eigenvalue weighted by Crippen LogP contribution is -2.39. The molecule has 1 aliphatic heterocycles. The summed E-state index contributed by atoms with van der Waals surface area (Å²) in [6.07, 6.45) is 6.67. The average Bonchev–Trinajstić information content (AvgIpc) is 3.22. The fourth-order valence-electron chi connectivity index (χ4n) is 2.91. The highest BCUT2D eigenvalue weighted by Gasteiger charge is 2.36. The van der Waals surface area contributed by atoms with Crippen molar-refractivity contribution in [2.45, 2.75) is 51.6 Å². The van der Waals surface area contributed by atoms with E-state index >= 15 is 0 Å². The number of nitrogens with zero attached hydrogens (tertiary/aromatic N) is 3. The minimum atomic E-state index is -0.856. The van der Waals surface area contributed by atoms with Crippen LogP contribution in [0.3, 0.4) is 0 Å². The fraction of sp³-hybridized carbons (Fsp3) is 0.667. The van der Waals surface area contributed by atoms with Crippen LogP contribution in [0.1, 0.15) is 48.7 Å². The third-order valence-corrected chi connectivity index (χ3v) is 4.35. The van der Waals surface area contributed by atoms with Crippen molar-refractivity contribution in [3.63, 3.8) is 0 Å². The molecule has 1 amide bonds. The number of rotatable bonds is 5. The monoisotopic (exact) mass is 291 g/mol. The minimum absolute atomic E-state index is 0.0475. The predicted octanol–water partition coefficient (Wildman–Crippen LogP) is 1.54. The Bertz CT molecular complexity index is 563. The summed E-state index contributed by atoms with van der Waals surface area (Å²) in [5, 5.41) is 13.4. The Morgan fingerprint density at radius 3 is 2.90 bits per heavy atom. The maximum Gasteiger partial charge on any atom is 0.308 e. The second kappa shape index (κ2) is 5.50. The Morgan fingerprint density at radius 1 is 1.48 bits per heavy atom. The quantitative estimate of drug-likeness (QED) is 0.893. The highest BCUT2D eigenvalue weighted by atomic mass is 16.4. The van der Waals surface area contributed by atoms with Crippen LogP contribution in [0.25, 0.3) is 0 Å². The van der Waals surface area contributed by atoms with E-state index in [2.05, 4.69) is 5.10 Å². The van der Waals surface area contributed by atoms with E-state index in [0.717, 1.165) is 44.3 Å². The van der Waals surface area contributed by atoms with E-state index in [1.54, 1.807) is 18.0 Å². The van der Waals surface area contributed by atoms with E-state index in [9.17, 15) is 9.59 Å². The van der Waals surface area contributed by atoms with Gasteiger partial charge < -0.3 is 10.0 Å². The van der Waals surface area contributed by atoms with E-state index in [-0.39, 0.29) is 18.5 Å². The van der Waals surface area contributed by atoms with Crippen molar-refractivity contribution >= 4 is 11.9 Å². The minimum Gasteiger partial charge on any atom is -0.481 e. The van der Waals surface area contributed by atoms with Gasteiger partial charge in [0.1, 0.15) is 0 Å². The van der Waals surface area contributed by atoms with Crippen molar-refractivity contribution in [2.24, 2.45) is 5.92 Å². The molecule has 3 rings (SSSR count). The Hall–Kier alpha value is -1.85. The smallest absolute Gasteiger partial charge is 0.308 e. The lowest BCUT2D eigenvalue weighted by atomic mass is 10.1. The van der Waals surface area contributed by atoms with Gasteiger partial charge in [0, 0.05) is 19.1 Å². The van der Waals surface area contributed by atoms with Gasteiger partial charge in [-0.2, -0.15) is 5.10 Å². The van der Waals surface area contributed by atoms with Gasteiger partial charge >= 0.3 is 5.97 Å². The van der Waals surface area contributed by atoms with Crippen LogP contribution < -0.4 is 0 Å². The molecule has 1 atom stereocenters. The Labute approximate surface area is 123 Å². The SMILES string of the molecule is CC(CN(C(=O)c1cnn2c1CCCC2)C1CC1)C(=O)O. The number of carbonyl (C=O) groups is 2. The Morgan fingerprint density at radius 2 is 2.24 bits per heavy atom. The number of carboxylic acid groups (broad SMARTS) is 1. The molecule has 1 fully saturated rings. The largest absolute Gasteiger partial charge is 0.481 e. The van der Waals surface area contributed by atoms with Crippen molar-refractivity contribution < 1.29 is 14.7 Å². The molecular formula is C15H21N3O3. The van der Waals surface area contributed by atoms with Crippen LogP contribution >= 0.6 is 0 Å². The first-order valence-electron chi connectivity index (χ1n) is 7.66. The second-order valence-corrected chi connectivity index (χ2v) is 6.11. The molecule has 2 heterocycles. The molecule has 6 heteroatoms. The molecule has 0 saturated heterocycles. The number of carboxylic acids is 1. The van der Waals surface area contributed by atoms with Gasteiger partial charge in [0.15, 0.2) is 0 Å². The van der Waals surface area contributed by atoms with Crippen LogP contribution in [0.15, 0.2) is 6.20 Å². The molecule has 1 aliphatic carbocycles. The van der Waals surface area contributed by atoms with Crippen LogP contribution in [0.4, 0.5) is 0 Å². The number of amides is 1. The average molecular weight is 291 g/mol. The molecule has 6 nitrogen and oxygen atoms in total. The van der Waals surface area contributed by atoms with Crippen molar-refractivity contribution in [1.82, 2.24) is 14.7 Å². The third-order valence-electron chi connectivity index (χ3n) is 4.35. The molecule has 0 bridgehead atoms. The molecule has 0 spiro atoms. The second-order valence-electron chi connectivity index (χ2n) is 6.11. The van der Waals surface area contributed by atoms with E-state index < -0.39 is 11.9 Å². The van der Waals surface area contributed by atoms with Gasteiger partial charge in [0.2, 0.25) is 0 Å². The molecule has 1 aromatic heterocycles. The number of hydrogen-bond donors (Lipinski definition) is 1. The zero-order chi connectivity index (χ0) is 15.0. The molecule has 21 heavy (non-hydrogen) atoms. The van der Waals surface area contributed by atoms with Gasteiger partial charge in [0.25, 0.3) is 5.91 Å². The first-order valence-corrected chi connectivity index (χ1v) is 7.66. The number of aliphatic carboxylic acids is 1. The summed E-state index contributed by atoms with van der Waals surface area (Å²) in [6.45, 7) is 2.81. The first kappa shape index (κ1) is 14.1. The van der Waals surface area contributed by atoms with Gasteiger partial charge in [-0.3, -0.25) is 14.3 Å². The molecule has 0 radical (unpaired) electrons. The summed E-state index contributed by atoms with van der Waals surface area (Å²) in [5.74, 6) is -1.44. The lowest BCUT2D eigenvalue weighted by molar-refractivity contribution is -0.141. The Kier molecular flexibility index (Phi) is 3.69. The summed E-state index contributed by atoms with van der Waals surface area (Å²) in [7, 11) is 0. The topological polar surface area (TPSA) is 75.4 Å². The molecular weight excluding hydrogens is 270 g/mol. The zero-order valence-electron chi connectivity index (χ0n) is 12.3. The van der Waals surface area contributed by atoms with E-state index in [0.29, 0.717) is 5.56 Å². The van der Waals surface area contributed by atoms with Gasteiger partial charge in [-0.25, -0.2) is 0 Å². The van der Waals surface area contributed by atoms with E-state index in [1.165, 1.54) is 0 Å². The first-order chi connectivity index (χ1) is 10.1. The van der Waals surface area contributed by atoms with Crippen LogP contribution in [-0.4, -0.2) is 44.3 Å². The lowest BCUT2D eigenvalue weighted by Gasteiger charge is -2.25. The van der Waals surface area contributed by atoms with Crippen LogP contribution in [0, 0.1) is 5.92 Å². The highest BCUT2D eigenvalue weighted by molar-refractivity contribution is 5.95. The number of aryl methyl sites for hydroxylation is 1. The number of hydrogen-bond acceptors (Lipinski definition) is 3. The molecule has 1 unspecified atom stereocenters. The zero-order valence-corrected chi connectivity index (χ0v) is 12.3. The molecule has 1 N–H and O–H groups in total. The van der Waals surface area contributed by atoms with Crippen molar-refractivity contribution in [3.05, 3.63) is 17.5 Å². The normalized spacial score (nSPS) is 18.9. The number of carbonyl (C=O) groups excluding carboxylic acids is 1. The Balaban J connectivity index is 1.81. The summed E-state index contributed by atoms with van der Waals surface area (Å²) in [6, 6.07) is 0.207. The van der Waals surface area contributed by atoms with E-state index in [4.69, 9.17) is 5.11 Å². The number of aromatic nitrogens is 2. The van der Waals surface area contributed by atoms with E-state index in [1.807, 2.05) is 4.68 Å². The van der Waals surface area contributed by atoms with Crippen molar-refractivity contribution in [1.29, 1.82) is 0 Å². The summed E-state index contributed by atoms with van der Waals surface area (Å²) in [4.78, 5) is 25.6. The third kappa shape index (κ3) is 2.80. The summed E-state index contributed by atoms with van der Waals surface area (Å²) in [5.41, 5.74) is 1.68. The van der Waals surface area contributed by atoms with Crippen LogP contribution in [0.2, 0.25) is 0 Å². The molecule has 114 valence electrons. The summed E-state index contributed by atoms with van der Waals surface area (Å²) < 4.78 is 1.92. The fourth-order valence-corrected chi connectivity index (χ4v) is 2.91. The maximum absolute atomic E-state index is 12.8. The standard InChI is InChI=1S/C15H21N3O3/c1-10(15(20)21)9-17(11-5-6-11)14(19)12-8-16-18-7-3-2-4-13(12)18/h8,10-11H,2-7,9H2,1H3,(H,20,21). The molecule has 1 saturated carbocycles. The van der Waals surface area contributed by atoms with Gasteiger partial charge in [0.05, 0.1) is 23.4 Å². The van der Waals surface area contributed by atoms with Crippen molar-refractivity contribution in [3.8, 4) is 0 Å². The maximum atomic E-state index is 12.8. The van der Waals surface area contributed by atoms with Gasteiger partial charge in [-0.05, 0) is 32.1 Å². The molecule has 2 aliphatic rings. The molecule has 1 aromatic rings. The highest BCUT2D eigenvalue weighted by Crippen LogP contribution is 2.30. The van der Waals surface area contributed by atoms with Gasteiger partial charge in [-0.15, -0.1) is 0 Å². The van der Waals surface area contributed by atoms with Crippen molar-refractivity contribution in [2.75, 3.05) is 6.54 Å². The number of fused-ring (bicyclic) bond motifs is 1. The summed E-state index contributed by atoms with van der Waals surface area (Å²) >= 11 is 0. The predicted molar refractivity (Wildman–Crippen MR) is 76.0 cm³/mol.